The molecule has 5 nitrogen and oxygen atoms in total. The molecule has 3 fully saturated rings. The van der Waals surface area contributed by atoms with E-state index in [4.69, 9.17) is 0 Å². The SMILES string of the molecule is O=C(CC1CC2CCC(C1)N2)NC1CCCCC1C(=O)O. The number of hydrogen-bond donors (Lipinski definition) is 3. The lowest BCUT2D eigenvalue weighted by molar-refractivity contribution is -0.144. The Balaban J connectivity index is 1.50. The van der Waals surface area contributed by atoms with Crippen LogP contribution in [0.5, 0.6) is 0 Å². The number of carboxylic acid groups (broad SMARTS) is 1. The summed E-state index contributed by atoms with van der Waals surface area (Å²) in [7, 11) is 0. The zero-order chi connectivity index (χ0) is 14.8. The molecule has 3 rings (SSSR count). The van der Waals surface area contributed by atoms with Gasteiger partial charge in [0.1, 0.15) is 0 Å². The third-order valence-electron chi connectivity index (χ3n) is 5.47. The molecule has 0 radical (unpaired) electrons. The second kappa shape index (κ2) is 6.34. The van der Waals surface area contributed by atoms with Crippen LogP contribution in [0.2, 0.25) is 0 Å². The highest BCUT2D eigenvalue weighted by Gasteiger charge is 2.36. The van der Waals surface area contributed by atoms with Crippen molar-refractivity contribution in [1.29, 1.82) is 0 Å². The van der Waals surface area contributed by atoms with Gasteiger partial charge in [0.05, 0.1) is 5.92 Å². The number of rotatable bonds is 4. The number of aliphatic carboxylic acids is 1. The number of piperidine rings is 1. The summed E-state index contributed by atoms with van der Waals surface area (Å²) in [6.45, 7) is 0. The molecule has 2 heterocycles. The zero-order valence-corrected chi connectivity index (χ0v) is 12.5. The molecular formula is C16H26N2O3. The van der Waals surface area contributed by atoms with Crippen molar-refractivity contribution in [1.82, 2.24) is 10.6 Å². The molecule has 0 aromatic carbocycles. The van der Waals surface area contributed by atoms with E-state index in [-0.39, 0.29) is 11.9 Å². The lowest BCUT2D eigenvalue weighted by atomic mass is 9.84. The van der Waals surface area contributed by atoms with E-state index in [0.29, 0.717) is 30.8 Å². The minimum atomic E-state index is -0.764. The van der Waals surface area contributed by atoms with Crippen LogP contribution in [0.1, 0.15) is 57.8 Å². The monoisotopic (exact) mass is 294 g/mol. The van der Waals surface area contributed by atoms with Crippen LogP contribution in [-0.2, 0) is 9.59 Å². The summed E-state index contributed by atoms with van der Waals surface area (Å²) in [4.78, 5) is 23.5. The molecule has 3 aliphatic rings. The molecule has 2 bridgehead atoms. The molecule has 0 spiro atoms. The van der Waals surface area contributed by atoms with E-state index >= 15 is 0 Å². The molecule has 5 heteroatoms. The van der Waals surface area contributed by atoms with Gasteiger partial charge in [-0.2, -0.15) is 0 Å². The summed E-state index contributed by atoms with van der Waals surface area (Å²) in [6.07, 6.45) is 8.72. The predicted octanol–water partition coefficient (Wildman–Crippen LogP) is 1.67. The molecule has 1 aliphatic carbocycles. The number of nitrogens with one attached hydrogen (secondary N) is 2. The minimum absolute atomic E-state index is 0.0550. The Bertz CT molecular complexity index is 400. The highest BCUT2D eigenvalue weighted by molar-refractivity contribution is 5.78. The van der Waals surface area contributed by atoms with Crippen molar-refractivity contribution < 1.29 is 14.7 Å². The van der Waals surface area contributed by atoms with Gasteiger partial charge in [0.15, 0.2) is 0 Å². The van der Waals surface area contributed by atoms with Crippen LogP contribution in [0.15, 0.2) is 0 Å². The Morgan fingerprint density at radius 3 is 2.38 bits per heavy atom. The molecule has 0 aromatic heterocycles. The average Bonchev–Trinajstić information content (AvgIpc) is 2.78. The number of fused-ring (bicyclic) bond motifs is 2. The third-order valence-corrected chi connectivity index (χ3v) is 5.47. The third kappa shape index (κ3) is 3.57. The van der Waals surface area contributed by atoms with Crippen molar-refractivity contribution in [3.05, 3.63) is 0 Å². The van der Waals surface area contributed by atoms with E-state index in [1.807, 2.05) is 0 Å². The smallest absolute Gasteiger partial charge is 0.308 e. The molecule has 1 saturated carbocycles. The summed E-state index contributed by atoms with van der Waals surface area (Å²) < 4.78 is 0. The van der Waals surface area contributed by atoms with Crippen molar-refractivity contribution in [2.24, 2.45) is 11.8 Å². The quantitative estimate of drug-likeness (QED) is 0.737. The molecule has 3 N–H and O–H groups in total. The Hall–Kier alpha value is -1.10. The largest absolute Gasteiger partial charge is 0.481 e. The number of amides is 1. The lowest BCUT2D eigenvalue weighted by Gasteiger charge is -2.31. The molecule has 4 unspecified atom stereocenters. The van der Waals surface area contributed by atoms with Crippen LogP contribution in [0.4, 0.5) is 0 Å². The Morgan fingerprint density at radius 2 is 1.71 bits per heavy atom. The fraction of sp³-hybridized carbons (Fsp3) is 0.875. The maximum Gasteiger partial charge on any atom is 0.308 e. The number of carbonyl (C=O) groups excluding carboxylic acids is 1. The van der Waals surface area contributed by atoms with Crippen LogP contribution in [0, 0.1) is 11.8 Å². The standard InChI is InChI=1S/C16H26N2O3/c19-15(9-10-7-11-5-6-12(8-10)17-11)18-14-4-2-1-3-13(14)16(20)21/h10-14,17H,1-9H2,(H,18,19)(H,20,21). The van der Waals surface area contributed by atoms with Gasteiger partial charge >= 0.3 is 5.97 Å². The maximum absolute atomic E-state index is 12.3. The van der Waals surface area contributed by atoms with Gasteiger partial charge in [0.25, 0.3) is 0 Å². The molecular weight excluding hydrogens is 268 g/mol. The Morgan fingerprint density at radius 1 is 1.05 bits per heavy atom. The van der Waals surface area contributed by atoms with Gasteiger partial charge in [-0.15, -0.1) is 0 Å². The topological polar surface area (TPSA) is 78.4 Å². The molecule has 2 saturated heterocycles. The molecule has 0 aromatic rings. The van der Waals surface area contributed by atoms with Crippen LogP contribution in [0.3, 0.4) is 0 Å². The number of carboxylic acids is 1. The molecule has 2 aliphatic heterocycles. The normalized spacial score (nSPS) is 39.0. The van der Waals surface area contributed by atoms with Gasteiger partial charge in [-0.3, -0.25) is 9.59 Å². The first-order valence-corrected chi connectivity index (χ1v) is 8.40. The summed E-state index contributed by atoms with van der Waals surface area (Å²) in [5.74, 6) is -0.637. The Kier molecular flexibility index (Phi) is 4.48. The first-order chi connectivity index (χ1) is 10.1. The van der Waals surface area contributed by atoms with E-state index in [1.54, 1.807) is 0 Å². The number of hydrogen-bond acceptors (Lipinski definition) is 3. The summed E-state index contributed by atoms with van der Waals surface area (Å²) >= 11 is 0. The van der Waals surface area contributed by atoms with Gasteiger partial charge < -0.3 is 15.7 Å². The maximum atomic E-state index is 12.3. The summed E-state index contributed by atoms with van der Waals surface area (Å²) in [5, 5.41) is 15.9. The van der Waals surface area contributed by atoms with E-state index in [0.717, 1.165) is 32.1 Å². The van der Waals surface area contributed by atoms with Crippen molar-refractivity contribution in [3.8, 4) is 0 Å². The van der Waals surface area contributed by atoms with Crippen LogP contribution in [0.25, 0.3) is 0 Å². The highest BCUT2D eigenvalue weighted by atomic mass is 16.4. The van der Waals surface area contributed by atoms with Crippen molar-refractivity contribution in [2.75, 3.05) is 0 Å². The first kappa shape index (κ1) is 14.8. The van der Waals surface area contributed by atoms with Crippen LogP contribution in [-0.4, -0.2) is 35.1 Å². The molecule has 1 amide bonds. The first-order valence-electron chi connectivity index (χ1n) is 8.40. The van der Waals surface area contributed by atoms with Crippen molar-refractivity contribution in [3.63, 3.8) is 0 Å². The Labute approximate surface area is 125 Å². The minimum Gasteiger partial charge on any atom is -0.481 e. The van der Waals surface area contributed by atoms with Crippen LogP contribution < -0.4 is 10.6 Å². The van der Waals surface area contributed by atoms with Crippen molar-refractivity contribution >= 4 is 11.9 Å². The second-order valence-corrected chi connectivity index (χ2v) is 7.08. The molecule has 118 valence electrons. The summed E-state index contributed by atoms with van der Waals surface area (Å²) in [5.41, 5.74) is 0. The predicted molar refractivity (Wildman–Crippen MR) is 78.8 cm³/mol. The van der Waals surface area contributed by atoms with E-state index in [9.17, 15) is 14.7 Å². The summed E-state index contributed by atoms with van der Waals surface area (Å²) in [6, 6.07) is 1.04. The molecule has 21 heavy (non-hydrogen) atoms. The van der Waals surface area contributed by atoms with Crippen LogP contribution >= 0.6 is 0 Å². The molecule has 4 atom stereocenters. The fourth-order valence-corrected chi connectivity index (χ4v) is 4.47. The van der Waals surface area contributed by atoms with Gasteiger partial charge in [0.2, 0.25) is 5.91 Å². The zero-order valence-electron chi connectivity index (χ0n) is 12.5. The van der Waals surface area contributed by atoms with Gasteiger partial charge in [-0.1, -0.05) is 12.8 Å². The van der Waals surface area contributed by atoms with E-state index < -0.39 is 11.9 Å². The van der Waals surface area contributed by atoms with E-state index in [1.165, 1.54) is 12.8 Å². The van der Waals surface area contributed by atoms with Crippen molar-refractivity contribution in [2.45, 2.75) is 75.9 Å². The highest BCUT2D eigenvalue weighted by Crippen LogP contribution is 2.33. The second-order valence-electron chi connectivity index (χ2n) is 7.08. The van der Waals surface area contributed by atoms with Gasteiger partial charge in [-0.05, 0) is 44.4 Å². The van der Waals surface area contributed by atoms with Gasteiger partial charge in [-0.25, -0.2) is 0 Å². The lowest BCUT2D eigenvalue weighted by Crippen LogP contribution is -2.46. The average molecular weight is 294 g/mol. The fourth-order valence-electron chi connectivity index (χ4n) is 4.47. The number of carbonyl (C=O) groups is 2. The van der Waals surface area contributed by atoms with Gasteiger partial charge in [0, 0.05) is 24.5 Å². The van der Waals surface area contributed by atoms with E-state index in [2.05, 4.69) is 10.6 Å².